The zero-order valence-corrected chi connectivity index (χ0v) is 16.7. The molecule has 0 spiro atoms. The second-order valence-corrected chi connectivity index (χ2v) is 6.73. The third-order valence-electron chi connectivity index (χ3n) is 4.87. The molecule has 0 aliphatic heterocycles. The molecular weight excluding hydrogens is 372 g/mol. The van der Waals surface area contributed by atoms with E-state index < -0.39 is 11.2 Å². The number of carbonyl (C=O) groups excluding carboxylic acids is 1. The standard InChI is InChI=1S/C20H22N6O3/c1-14(15-5-8-17(9-6-15)26-13-21-12-22-26)24(3)18(27)10-7-16-11-23(2)20(29)25(4)19(16)28/h5-14H,1-4H3/b10-7+. The molecule has 29 heavy (non-hydrogen) atoms. The summed E-state index contributed by atoms with van der Waals surface area (Å²) in [6.07, 6.45) is 7.26. The molecule has 0 aliphatic rings. The van der Waals surface area contributed by atoms with Crippen molar-refractivity contribution >= 4 is 12.0 Å². The number of aryl methyl sites for hydroxylation is 1. The van der Waals surface area contributed by atoms with Gasteiger partial charge in [-0.3, -0.25) is 14.2 Å². The minimum absolute atomic E-state index is 0.181. The van der Waals surface area contributed by atoms with Gasteiger partial charge in [0.25, 0.3) is 5.56 Å². The quantitative estimate of drug-likeness (QED) is 0.599. The average Bonchev–Trinajstić information content (AvgIpc) is 3.27. The lowest BCUT2D eigenvalue weighted by Gasteiger charge is -2.24. The zero-order valence-electron chi connectivity index (χ0n) is 16.7. The van der Waals surface area contributed by atoms with Gasteiger partial charge in [-0.25, -0.2) is 14.5 Å². The largest absolute Gasteiger partial charge is 0.335 e. The van der Waals surface area contributed by atoms with Crippen LogP contribution < -0.4 is 11.2 Å². The van der Waals surface area contributed by atoms with Crippen LogP contribution in [-0.2, 0) is 18.9 Å². The molecule has 1 atom stereocenters. The number of hydrogen-bond acceptors (Lipinski definition) is 5. The van der Waals surface area contributed by atoms with Crippen molar-refractivity contribution in [1.82, 2.24) is 28.8 Å². The molecule has 3 aromatic rings. The number of likely N-dealkylation sites (N-methyl/N-ethyl adjacent to an activating group) is 1. The third kappa shape index (κ3) is 4.08. The molecule has 1 aromatic carbocycles. The summed E-state index contributed by atoms with van der Waals surface area (Å²) in [4.78, 5) is 42.0. The average molecular weight is 394 g/mol. The zero-order chi connectivity index (χ0) is 21.1. The Hall–Kier alpha value is -3.75. The number of amides is 1. The molecule has 9 nitrogen and oxygen atoms in total. The van der Waals surface area contributed by atoms with Gasteiger partial charge >= 0.3 is 5.69 Å². The predicted octanol–water partition coefficient (Wildman–Crippen LogP) is 0.897. The maximum atomic E-state index is 12.6. The first-order valence-corrected chi connectivity index (χ1v) is 8.96. The molecule has 0 fully saturated rings. The van der Waals surface area contributed by atoms with Crippen LogP contribution >= 0.6 is 0 Å². The molecule has 1 amide bonds. The highest BCUT2D eigenvalue weighted by Gasteiger charge is 2.16. The summed E-state index contributed by atoms with van der Waals surface area (Å²) < 4.78 is 3.96. The van der Waals surface area contributed by atoms with Crippen LogP contribution in [0.3, 0.4) is 0 Å². The molecule has 150 valence electrons. The Labute approximate surface area is 167 Å². The summed E-state index contributed by atoms with van der Waals surface area (Å²) in [6, 6.07) is 7.49. The third-order valence-corrected chi connectivity index (χ3v) is 4.87. The van der Waals surface area contributed by atoms with E-state index in [4.69, 9.17) is 0 Å². The minimum Gasteiger partial charge on any atom is -0.335 e. The van der Waals surface area contributed by atoms with Crippen LogP contribution in [0.4, 0.5) is 0 Å². The van der Waals surface area contributed by atoms with Crippen LogP contribution in [0.15, 0.2) is 58.8 Å². The summed E-state index contributed by atoms with van der Waals surface area (Å²) in [7, 11) is 4.65. The maximum Gasteiger partial charge on any atom is 0.330 e. The van der Waals surface area contributed by atoms with Gasteiger partial charge in [-0.2, -0.15) is 5.10 Å². The van der Waals surface area contributed by atoms with E-state index in [1.165, 1.54) is 36.3 Å². The number of carbonyl (C=O) groups is 1. The Kier molecular flexibility index (Phi) is 5.58. The van der Waals surface area contributed by atoms with Gasteiger partial charge in [0.1, 0.15) is 12.7 Å². The summed E-state index contributed by atoms with van der Waals surface area (Å²) in [6.45, 7) is 1.92. The highest BCUT2D eigenvalue weighted by molar-refractivity contribution is 5.91. The first-order valence-electron chi connectivity index (χ1n) is 8.96. The predicted molar refractivity (Wildman–Crippen MR) is 109 cm³/mol. The first kappa shape index (κ1) is 20.0. The number of nitrogens with zero attached hydrogens (tertiary/aromatic N) is 6. The lowest BCUT2D eigenvalue weighted by Crippen LogP contribution is -2.37. The molecule has 9 heteroatoms. The number of rotatable bonds is 5. The molecule has 3 rings (SSSR count). The highest BCUT2D eigenvalue weighted by atomic mass is 16.2. The number of hydrogen-bond donors (Lipinski definition) is 0. The Morgan fingerprint density at radius 2 is 1.86 bits per heavy atom. The van der Waals surface area contributed by atoms with E-state index in [1.54, 1.807) is 30.0 Å². The van der Waals surface area contributed by atoms with Crippen molar-refractivity contribution in [2.24, 2.45) is 14.1 Å². The van der Waals surface area contributed by atoms with E-state index in [1.807, 2.05) is 31.2 Å². The molecule has 0 bridgehead atoms. The van der Waals surface area contributed by atoms with Crippen molar-refractivity contribution in [3.63, 3.8) is 0 Å². The van der Waals surface area contributed by atoms with Crippen LogP contribution in [0.1, 0.15) is 24.1 Å². The normalized spacial score (nSPS) is 12.3. The minimum atomic E-state index is -0.448. The molecule has 0 aliphatic carbocycles. The Morgan fingerprint density at radius 3 is 2.48 bits per heavy atom. The summed E-state index contributed by atoms with van der Waals surface area (Å²) in [5.74, 6) is -0.256. The monoisotopic (exact) mass is 394 g/mol. The number of aromatic nitrogens is 5. The summed E-state index contributed by atoms with van der Waals surface area (Å²) in [5.41, 5.74) is 1.23. The fourth-order valence-corrected chi connectivity index (χ4v) is 2.89. The van der Waals surface area contributed by atoms with E-state index >= 15 is 0 Å². The SMILES string of the molecule is CC(c1ccc(-n2cncn2)cc1)N(C)C(=O)/C=C/c1cn(C)c(=O)n(C)c1=O. The molecular formula is C20H22N6O3. The second-order valence-electron chi connectivity index (χ2n) is 6.73. The fourth-order valence-electron chi connectivity index (χ4n) is 2.89. The molecule has 2 heterocycles. The molecule has 0 radical (unpaired) electrons. The van der Waals surface area contributed by atoms with Gasteiger partial charge in [-0.1, -0.05) is 12.1 Å². The van der Waals surface area contributed by atoms with E-state index in [0.29, 0.717) is 0 Å². The van der Waals surface area contributed by atoms with Crippen molar-refractivity contribution in [1.29, 1.82) is 0 Å². The second kappa shape index (κ2) is 8.09. The van der Waals surface area contributed by atoms with Gasteiger partial charge in [-0.05, 0) is 30.7 Å². The van der Waals surface area contributed by atoms with Crippen molar-refractivity contribution in [2.75, 3.05) is 7.05 Å². The highest BCUT2D eigenvalue weighted by Crippen LogP contribution is 2.20. The lowest BCUT2D eigenvalue weighted by atomic mass is 10.1. The van der Waals surface area contributed by atoms with E-state index in [9.17, 15) is 14.4 Å². The van der Waals surface area contributed by atoms with Gasteiger partial charge in [0, 0.05) is 33.4 Å². The Bertz CT molecular complexity index is 1160. The first-order chi connectivity index (χ1) is 13.8. The van der Waals surface area contributed by atoms with Crippen LogP contribution in [0.5, 0.6) is 0 Å². The fraction of sp³-hybridized carbons (Fsp3) is 0.250. The summed E-state index contributed by atoms with van der Waals surface area (Å²) >= 11 is 0. The smallest absolute Gasteiger partial charge is 0.330 e. The van der Waals surface area contributed by atoms with E-state index in [-0.39, 0.29) is 17.5 Å². The van der Waals surface area contributed by atoms with E-state index in [2.05, 4.69) is 10.1 Å². The molecule has 2 aromatic heterocycles. The topological polar surface area (TPSA) is 95.0 Å². The molecule has 1 unspecified atom stereocenters. The van der Waals surface area contributed by atoms with E-state index in [0.717, 1.165) is 15.8 Å². The maximum absolute atomic E-state index is 12.6. The van der Waals surface area contributed by atoms with Gasteiger partial charge < -0.3 is 9.47 Å². The van der Waals surface area contributed by atoms with Gasteiger partial charge in [0.15, 0.2) is 0 Å². The van der Waals surface area contributed by atoms with Crippen LogP contribution in [0.2, 0.25) is 0 Å². The lowest BCUT2D eigenvalue weighted by molar-refractivity contribution is -0.126. The summed E-state index contributed by atoms with van der Waals surface area (Å²) in [5, 5.41) is 4.09. The van der Waals surface area contributed by atoms with Crippen LogP contribution in [-0.4, -0.2) is 41.8 Å². The Balaban J connectivity index is 1.75. The van der Waals surface area contributed by atoms with Crippen LogP contribution in [0, 0.1) is 0 Å². The molecule has 0 saturated heterocycles. The van der Waals surface area contributed by atoms with Crippen molar-refractivity contribution in [2.45, 2.75) is 13.0 Å². The number of benzene rings is 1. The molecule has 0 saturated carbocycles. The Morgan fingerprint density at radius 1 is 1.17 bits per heavy atom. The van der Waals surface area contributed by atoms with Crippen molar-refractivity contribution < 1.29 is 4.79 Å². The van der Waals surface area contributed by atoms with Crippen molar-refractivity contribution in [3.8, 4) is 5.69 Å². The van der Waals surface area contributed by atoms with Gasteiger partial charge in [0.2, 0.25) is 5.91 Å². The molecule has 0 N–H and O–H groups in total. The van der Waals surface area contributed by atoms with Gasteiger partial charge in [0.05, 0.1) is 17.3 Å². The van der Waals surface area contributed by atoms with Gasteiger partial charge in [-0.15, -0.1) is 0 Å². The van der Waals surface area contributed by atoms with Crippen LogP contribution in [0.25, 0.3) is 11.8 Å². The van der Waals surface area contributed by atoms with Crippen molar-refractivity contribution in [3.05, 3.63) is 81.2 Å².